The van der Waals surface area contributed by atoms with Gasteiger partial charge in [0.25, 0.3) is 0 Å². The van der Waals surface area contributed by atoms with Gasteiger partial charge in [0.1, 0.15) is 10.6 Å². The molecule has 1 N–H and O–H groups in total. The Bertz CT molecular complexity index is 382. The third kappa shape index (κ3) is 1.97. The summed E-state index contributed by atoms with van der Waals surface area (Å²) in [4.78, 5) is 15.0. The molecule has 0 aliphatic heterocycles. The minimum atomic E-state index is -0.966. The first-order chi connectivity index (χ1) is 7.68. The lowest BCUT2D eigenvalue weighted by atomic mass is 10.0. The van der Waals surface area contributed by atoms with Crippen LogP contribution in [0, 0.1) is 0 Å². The molecule has 1 aromatic heterocycles. The summed E-state index contributed by atoms with van der Waals surface area (Å²) in [7, 11) is 0. The molecule has 1 saturated carbocycles. The largest absolute Gasteiger partial charge is 0.476 e. The van der Waals surface area contributed by atoms with Crippen molar-refractivity contribution in [1.82, 2.24) is 4.98 Å². The predicted octanol–water partition coefficient (Wildman–Crippen LogP) is 2.65. The molecule has 0 spiro atoms. The van der Waals surface area contributed by atoms with Crippen LogP contribution in [0.2, 0.25) is 0 Å². The third-order valence-corrected chi connectivity index (χ3v) is 3.97. The molecule has 0 radical (unpaired) electrons. The van der Waals surface area contributed by atoms with Crippen LogP contribution in [-0.2, 0) is 10.3 Å². The van der Waals surface area contributed by atoms with E-state index in [9.17, 15) is 4.79 Å². The van der Waals surface area contributed by atoms with Crippen molar-refractivity contribution < 1.29 is 14.6 Å². The quantitative estimate of drug-likeness (QED) is 0.880. The van der Waals surface area contributed by atoms with Crippen LogP contribution >= 0.6 is 11.3 Å². The minimum Gasteiger partial charge on any atom is -0.476 e. The highest BCUT2D eigenvalue weighted by Crippen LogP contribution is 2.43. The number of aromatic nitrogens is 1. The van der Waals surface area contributed by atoms with Crippen molar-refractivity contribution in [2.45, 2.75) is 38.2 Å². The molecule has 0 aromatic carbocycles. The Labute approximate surface area is 98.3 Å². The van der Waals surface area contributed by atoms with E-state index in [0.29, 0.717) is 6.61 Å². The number of carboxylic acids is 1. The van der Waals surface area contributed by atoms with Crippen LogP contribution < -0.4 is 0 Å². The maximum Gasteiger partial charge on any atom is 0.355 e. The van der Waals surface area contributed by atoms with E-state index in [4.69, 9.17) is 9.84 Å². The third-order valence-electron chi connectivity index (χ3n) is 2.94. The summed E-state index contributed by atoms with van der Waals surface area (Å²) in [6, 6.07) is 0. The predicted molar refractivity (Wildman–Crippen MR) is 60.8 cm³/mol. The summed E-state index contributed by atoms with van der Waals surface area (Å²) in [6.07, 6.45) is 4.16. The minimum absolute atomic E-state index is 0.131. The zero-order valence-electron chi connectivity index (χ0n) is 9.23. The molecule has 0 amide bonds. The number of carbonyl (C=O) groups is 1. The van der Waals surface area contributed by atoms with Gasteiger partial charge in [0.05, 0.1) is 0 Å². The molecular formula is C11H15NO3S. The summed E-state index contributed by atoms with van der Waals surface area (Å²) < 4.78 is 5.82. The van der Waals surface area contributed by atoms with E-state index >= 15 is 0 Å². The zero-order valence-corrected chi connectivity index (χ0v) is 10.0. The van der Waals surface area contributed by atoms with Gasteiger partial charge in [-0.3, -0.25) is 0 Å². The van der Waals surface area contributed by atoms with E-state index in [-0.39, 0.29) is 11.3 Å². The van der Waals surface area contributed by atoms with Crippen molar-refractivity contribution in [3.8, 4) is 0 Å². The van der Waals surface area contributed by atoms with Crippen LogP contribution in [0.25, 0.3) is 0 Å². The lowest BCUT2D eigenvalue weighted by molar-refractivity contribution is -0.0391. The molecule has 4 nitrogen and oxygen atoms in total. The summed E-state index contributed by atoms with van der Waals surface area (Å²) in [5.74, 6) is -0.966. The van der Waals surface area contributed by atoms with Gasteiger partial charge in [-0.25, -0.2) is 9.78 Å². The van der Waals surface area contributed by atoms with Crippen molar-refractivity contribution in [3.63, 3.8) is 0 Å². The second-order valence-electron chi connectivity index (χ2n) is 3.98. The molecule has 0 unspecified atom stereocenters. The molecule has 16 heavy (non-hydrogen) atoms. The van der Waals surface area contributed by atoms with Gasteiger partial charge in [-0.05, 0) is 19.8 Å². The summed E-state index contributed by atoms with van der Waals surface area (Å²) >= 11 is 1.40. The summed E-state index contributed by atoms with van der Waals surface area (Å²) in [5, 5.41) is 11.3. The Morgan fingerprint density at radius 1 is 1.62 bits per heavy atom. The monoisotopic (exact) mass is 241 g/mol. The molecular weight excluding hydrogens is 226 g/mol. The van der Waals surface area contributed by atoms with Crippen LogP contribution in [0.5, 0.6) is 0 Å². The smallest absolute Gasteiger partial charge is 0.355 e. The van der Waals surface area contributed by atoms with E-state index in [1.807, 2.05) is 6.92 Å². The number of carboxylic acid groups (broad SMARTS) is 1. The van der Waals surface area contributed by atoms with E-state index in [2.05, 4.69) is 4.98 Å². The van der Waals surface area contributed by atoms with Gasteiger partial charge in [0.15, 0.2) is 5.69 Å². The van der Waals surface area contributed by atoms with Crippen molar-refractivity contribution in [2.75, 3.05) is 6.61 Å². The number of ether oxygens (including phenoxy) is 1. The maximum absolute atomic E-state index is 10.8. The number of rotatable bonds is 4. The van der Waals surface area contributed by atoms with Gasteiger partial charge < -0.3 is 9.84 Å². The molecule has 1 aliphatic rings. The molecule has 1 aliphatic carbocycles. The van der Waals surface area contributed by atoms with E-state index in [1.54, 1.807) is 5.38 Å². The van der Waals surface area contributed by atoms with Gasteiger partial charge in [0, 0.05) is 12.0 Å². The van der Waals surface area contributed by atoms with Gasteiger partial charge in [-0.1, -0.05) is 12.8 Å². The maximum atomic E-state index is 10.8. The second-order valence-corrected chi connectivity index (χ2v) is 4.84. The summed E-state index contributed by atoms with van der Waals surface area (Å²) in [5.41, 5.74) is -0.182. The standard InChI is InChI=1S/C11H15NO3S/c1-2-15-11(5-3-4-6-11)10-12-8(7-16-10)9(13)14/h7H,2-6H2,1H3,(H,13,14). The van der Waals surface area contributed by atoms with Crippen molar-refractivity contribution >= 4 is 17.3 Å². The van der Waals surface area contributed by atoms with Crippen molar-refractivity contribution in [1.29, 1.82) is 0 Å². The fourth-order valence-electron chi connectivity index (χ4n) is 2.22. The van der Waals surface area contributed by atoms with Gasteiger partial charge >= 0.3 is 5.97 Å². The molecule has 0 saturated heterocycles. The molecule has 2 rings (SSSR count). The molecule has 5 heteroatoms. The average molecular weight is 241 g/mol. The first-order valence-electron chi connectivity index (χ1n) is 5.51. The molecule has 1 heterocycles. The van der Waals surface area contributed by atoms with Crippen molar-refractivity contribution in [3.05, 3.63) is 16.1 Å². The number of thiazole rings is 1. The normalized spacial score (nSPS) is 18.8. The Balaban J connectivity index is 2.28. The molecule has 1 fully saturated rings. The van der Waals surface area contributed by atoms with Crippen molar-refractivity contribution in [2.24, 2.45) is 0 Å². The molecule has 0 atom stereocenters. The number of hydrogen-bond donors (Lipinski definition) is 1. The van der Waals surface area contributed by atoms with Gasteiger partial charge in [0.2, 0.25) is 0 Å². The highest BCUT2D eigenvalue weighted by atomic mass is 32.1. The summed E-state index contributed by atoms with van der Waals surface area (Å²) in [6.45, 7) is 2.60. The average Bonchev–Trinajstić information content (AvgIpc) is 2.85. The fraction of sp³-hybridized carbons (Fsp3) is 0.636. The van der Waals surface area contributed by atoms with Crippen LogP contribution in [0.1, 0.15) is 48.1 Å². The zero-order chi connectivity index (χ0) is 11.6. The van der Waals surface area contributed by atoms with Crippen LogP contribution in [-0.4, -0.2) is 22.7 Å². The number of aromatic carboxylic acids is 1. The van der Waals surface area contributed by atoms with Crippen LogP contribution in [0.4, 0.5) is 0 Å². The number of nitrogens with zero attached hydrogens (tertiary/aromatic N) is 1. The van der Waals surface area contributed by atoms with E-state index in [0.717, 1.165) is 30.7 Å². The first kappa shape index (κ1) is 11.5. The van der Waals surface area contributed by atoms with Crippen LogP contribution in [0.15, 0.2) is 5.38 Å². The Kier molecular flexibility index (Phi) is 3.25. The van der Waals surface area contributed by atoms with Gasteiger partial charge in [-0.15, -0.1) is 11.3 Å². The Morgan fingerprint density at radius 3 is 2.81 bits per heavy atom. The lowest BCUT2D eigenvalue weighted by Gasteiger charge is -2.26. The highest BCUT2D eigenvalue weighted by molar-refractivity contribution is 7.10. The molecule has 88 valence electrons. The first-order valence-corrected chi connectivity index (χ1v) is 6.39. The van der Waals surface area contributed by atoms with Gasteiger partial charge in [-0.2, -0.15) is 0 Å². The van der Waals surface area contributed by atoms with E-state index < -0.39 is 5.97 Å². The topological polar surface area (TPSA) is 59.4 Å². The second kappa shape index (κ2) is 4.51. The molecule has 0 bridgehead atoms. The number of hydrogen-bond acceptors (Lipinski definition) is 4. The SMILES string of the molecule is CCOC1(c2nc(C(=O)O)cs2)CCCC1. The molecule has 1 aromatic rings. The highest BCUT2D eigenvalue weighted by Gasteiger charge is 2.39. The van der Waals surface area contributed by atoms with Crippen LogP contribution in [0.3, 0.4) is 0 Å². The Morgan fingerprint density at radius 2 is 2.31 bits per heavy atom. The lowest BCUT2D eigenvalue weighted by Crippen LogP contribution is -2.26. The fourth-order valence-corrected chi connectivity index (χ4v) is 3.23. The van der Waals surface area contributed by atoms with E-state index in [1.165, 1.54) is 11.3 Å². The Hall–Kier alpha value is -0.940.